The van der Waals surface area contributed by atoms with Gasteiger partial charge in [-0.25, -0.2) is 0 Å². The second kappa shape index (κ2) is 6.43. The number of nitrogens with one attached hydrogen (secondary N) is 1. The van der Waals surface area contributed by atoms with Crippen molar-refractivity contribution in [2.45, 2.75) is 37.8 Å². The lowest BCUT2D eigenvalue weighted by atomic mass is 9.86. The van der Waals surface area contributed by atoms with E-state index >= 15 is 0 Å². The predicted octanol–water partition coefficient (Wildman–Crippen LogP) is 0.542. The maximum absolute atomic E-state index is 9.50. The molecular weight excluding hydrogens is 194 g/mol. The summed E-state index contributed by atoms with van der Waals surface area (Å²) in [6.07, 6.45) is 3.06. The van der Waals surface area contributed by atoms with Crippen LogP contribution >= 0.6 is 0 Å². The molecule has 2 atom stereocenters. The Kier molecular flexibility index (Phi) is 5.53. The van der Waals surface area contributed by atoms with Crippen molar-refractivity contribution in [3.63, 3.8) is 0 Å². The highest BCUT2D eigenvalue weighted by atomic mass is 16.5. The van der Waals surface area contributed by atoms with Crippen molar-refractivity contribution in [3.8, 4) is 0 Å². The van der Waals surface area contributed by atoms with Crippen LogP contribution in [0.25, 0.3) is 0 Å². The zero-order chi connectivity index (χ0) is 11.1. The van der Waals surface area contributed by atoms with Gasteiger partial charge in [-0.05, 0) is 19.3 Å². The summed E-state index contributed by atoms with van der Waals surface area (Å²) in [6.45, 7) is 4.50. The van der Waals surface area contributed by atoms with E-state index in [1.807, 2.05) is 0 Å². The molecule has 0 amide bonds. The lowest BCUT2D eigenvalue weighted by Crippen LogP contribution is -2.55. The van der Waals surface area contributed by atoms with E-state index in [4.69, 9.17) is 9.47 Å². The minimum Gasteiger partial charge on any atom is -0.394 e. The second-order valence-electron chi connectivity index (χ2n) is 4.21. The molecule has 1 saturated heterocycles. The summed E-state index contributed by atoms with van der Waals surface area (Å²) in [5.74, 6) is 0. The van der Waals surface area contributed by atoms with Crippen molar-refractivity contribution in [1.29, 1.82) is 0 Å². The summed E-state index contributed by atoms with van der Waals surface area (Å²) in [7, 11) is 1.69. The zero-order valence-electron chi connectivity index (χ0n) is 9.79. The van der Waals surface area contributed by atoms with Crippen molar-refractivity contribution < 1.29 is 14.6 Å². The summed E-state index contributed by atoms with van der Waals surface area (Å²) < 4.78 is 10.6. The van der Waals surface area contributed by atoms with Gasteiger partial charge in [0.05, 0.1) is 19.3 Å². The fraction of sp³-hybridized carbons (Fsp3) is 1.00. The van der Waals surface area contributed by atoms with E-state index in [0.717, 1.165) is 32.4 Å². The molecule has 0 aliphatic carbocycles. The van der Waals surface area contributed by atoms with Crippen LogP contribution in [0.4, 0.5) is 0 Å². The van der Waals surface area contributed by atoms with E-state index in [2.05, 4.69) is 12.2 Å². The van der Waals surface area contributed by atoms with Crippen molar-refractivity contribution in [2.75, 3.05) is 33.5 Å². The minimum atomic E-state index is -0.155. The topological polar surface area (TPSA) is 50.7 Å². The molecule has 4 nitrogen and oxygen atoms in total. The van der Waals surface area contributed by atoms with Gasteiger partial charge in [-0.3, -0.25) is 0 Å². The van der Waals surface area contributed by atoms with Crippen LogP contribution < -0.4 is 5.32 Å². The smallest absolute Gasteiger partial charge is 0.0615 e. The molecule has 1 aliphatic heterocycles. The van der Waals surface area contributed by atoms with Gasteiger partial charge >= 0.3 is 0 Å². The van der Waals surface area contributed by atoms with Gasteiger partial charge in [0.1, 0.15) is 0 Å². The summed E-state index contributed by atoms with van der Waals surface area (Å²) in [5.41, 5.74) is -0.155. The molecule has 1 fully saturated rings. The zero-order valence-corrected chi connectivity index (χ0v) is 9.79. The highest BCUT2D eigenvalue weighted by Gasteiger charge is 2.35. The van der Waals surface area contributed by atoms with E-state index in [0.29, 0.717) is 6.61 Å². The molecule has 2 N–H and O–H groups in total. The van der Waals surface area contributed by atoms with Gasteiger partial charge < -0.3 is 19.9 Å². The van der Waals surface area contributed by atoms with E-state index in [9.17, 15) is 5.11 Å². The van der Waals surface area contributed by atoms with Gasteiger partial charge in [-0.1, -0.05) is 6.92 Å². The normalized spacial score (nSPS) is 31.8. The summed E-state index contributed by atoms with van der Waals surface area (Å²) in [4.78, 5) is 0. The summed E-state index contributed by atoms with van der Waals surface area (Å²) >= 11 is 0. The Morgan fingerprint density at radius 1 is 1.60 bits per heavy atom. The number of rotatable bonds is 6. The Labute approximate surface area is 92.0 Å². The molecule has 0 spiro atoms. The van der Waals surface area contributed by atoms with Crippen LogP contribution in [0.15, 0.2) is 0 Å². The highest BCUT2D eigenvalue weighted by Crippen LogP contribution is 2.25. The first-order valence-corrected chi connectivity index (χ1v) is 5.73. The molecule has 4 heteroatoms. The van der Waals surface area contributed by atoms with Gasteiger partial charge in [-0.2, -0.15) is 0 Å². The molecule has 0 radical (unpaired) electrons. The fourth-order valence-electron chi connectivity index (χ4n) is 2.06. The quantitative estimate of drug-likeness (QED) is 0.638. The maximum atomic E-state index is 9.50. The molecule has 0 bridgehead atoms. The summed E-state index contributed by atoms with van der Waals surface area (Å²) in [6, 6.07) is 0. The van der Waals surface area contributed by atoms with Crippen molar-refractivity contribution >= 4 is 0 Å². The number of aliphatic hydroxyl groups excluding tert-OH is 1. The third-order valence-electron chi connectivity index (χ3n) is 3.12. The first-order valence-electron chi connectivity index (χ1n) is 5.73. The average molecular weight is 217 g/mol. The lowest BCUT2D eigenvalue weighted by Gasteiger charge is -2.40. The number of aliphatic hydroxyl groups is 1. The van der Waals surface area contributed by atoms with E-state index in [1.54, 1.807) is 7.11 Å². The molecule has 0 saturated carbocycles. The molecule has 15 heavy (non-hydrogen) atoms. The van der Waals surface area contributed by atoms with Crippen LogP contribution in [0, 0.1) is 0 Å². The van der Waals surface area contributed by atoms with Gasteiger partial charge in [0.15, 0.2) is 0 Å². The Morgan fingerprint density at radius 2 is 2.40 bits per heavy atom. The third kappa shape index (κ3) is 3.72. The van der Waals surface area contributed by atoms with E-state index in [-0.39, 0.29) is 18.2 Å². The van der Waals surface area contributed by atoms with Crippen LogP contribution in [0.2, 0.25) is 0 Å². The maximum Gasteiger partial charge on any atom is 0.0615 e. The number of hydrogen-bond acceptors (Lipinski definition) is 4. The lowest BCUT2D eigenvalue weighted by molar-refractivity contribution is -0.0470. The molecule has 1 rings (SSSR count). The van der Waals surface area contributed by atoms with Crippen molar-refractivity contribution in [2.24, 2.45) is 0 Å². The van der Waals surface area contributed by atoms with E-state index in [1.165, 1.54) is 0 Å². The van der Waals surface area contributed by atoms with Crippen LogP contribution in [0.5, 0.6) is 0 Å². The molecular formula is C11H23NO3. The molecule has 0 aromatic carbocycles. The Hall–Kier alpha value is -0.160. The first kappa shape index (κ1) is 12.9. The Bertz CT molecular complexity index is 177. The van der Waals surface area contributed by atoms with Crippen LogP contribution in [0.1, 0.15) is 26.2 Å². The van der Waals surface area contributed by atoms with Crippen LogP contribution in [0.3, 0.4) is 0 Å². The number of methoxy groups -OCH3 is 1. The summed E-state index contributed by atoms with van der Waals surface area (Å²) in [5, 5.41) is 12.9. The molecule has 0 aromatic rings. The Balaban J connectivity index is 2.43. The number of hydrogen-bond donors (Lipinski definition) is 2. The van der Waals surface area contributed by atoms with Crippen molar-refractivity contribution in [3.05, 3.63) is 0 Å². The molecule has 2 unspecified atom stereocenters. The van der Waals surface area contributed by atoms with Gasteiger partial charge in [-0.15, -0.1) is 0 Å². The first-order chi connectivity index (χ1) is 7.26. The standard InChI is InChI=1S/C11H23NO3/c1-3-10-8-11(9-13,4-6-15-10)12-5-7-14-2/h10,12-13H,3-9H2,1-2H3. The van der Waals surface area contributed by atoms with Gasteiger partial charge in [0.25, 0.3) is 0 Å². The predicted molar refractivity (Wildman–Crippen MR) is 59.0 cm³/mol. The average Bonchev–Trinajstić information content (AvgIpc) is 2.30. The molecule has 0 aromatic heterocycles. The molecule has 90 valence electrons. The minimum absolute atomic E-state index is 0.155. The largest absolute Gasteiger partial charge is 0.394 e. The molecule has 1 heterocycles. The molecule has 1 aliphatic rings. The third-order valence-corrected chi connectivity index (χ3v) is 3.12. The highest BCUT2D eigenvalue weighted by molar-refractivity contribution is 4.92. The monoisotopic (exact) mass is 217 g/mol. The van der Waals surface area contributed by atoms with E-state index < -0.39 is 0 Å². The van der Waals surface area contributed by atoms with Gasteiger partial charge in [0, 0.05) is 25.8 Å². The SMILES string of the molecule is CCC1CC(CO)(NCCOC)CCO1. The van der Waals surface area contributed by atoms with Crippen molar-refractivity contribution in [1.82, 2.24) is 5.32 Å². The second-order valence-corrected chi connectivity index (χ2v) is 4.21. The fourth-order valence-corrected chi connectivity index (χ4v) is 2.06. The van der Waals surface area contributed by atoms with Crippen LogP contribution in [-0.4, -0.2) is 50.2 Å². The Morgan fingerprint density at radius 3 is 3.00 bits per heavy atom. The number of ether oxygens (including phenoxy) is 2. The van der Waals surface area contributed by atoms with Crippen LogP contribution in [-0.2, 0) is 9.47 Å². The van der Waals surface area contributed by atoms with Gasteiger partial charge in [0.2, 0.25) is 0 Å².